The van der Waals surface area contributed by atoms with Crippen molar-refractivity contribution in [3.05, 3.63) is 95.5 Å². The van der Waals surface area contributed by atoms with Crippen molar-refractivity contribution in [1.82, 2.24) is 5.32 Å². The third-order valence-corrected chi connectivity index (χ3v) is 4.56. The van der Waals surface area contributed by atoms with Gasteiger partial charge in [0.1, 0.15) is 24.7 Å². The van der Waals surface area contributed by atoms with Crippen LogP contribution in [0.1, 0.15) is 5.56 Å². The van der Waals surface area contributed by atoms with Crippen molar-refractivity contribution in [2.45, 2.75) is 0 Å². The summed E-state index contributed by atoms with van der Waals surface area (Å²) in [5.41, 5.74) is 1.45. The quantitative estimate of drug-likeness (QED) is 0.275. The highest BCUT2D eigenvalue weighted by Gasteiger charge is 2.04. The summed E-state index contributed by atoms with van der Waals surface area (Å²) in [6, 6.07) is 24.1. The predicted molar refractivity (Wildman–Crippen MR) is 129 cm³/mol. The van der Waals surface area contributed by atoms with Crippen LogP contribution in [0, 0.1) is 0 Å². The van der Waals surface area contributed by atoms with Gasteiger partial charge >= 0.3 is 0 Å². The molecule has 7 heteroatoms. The molecule has 0 saturated heterocycles. The summed E-state index contributed by atoms with van der Waals surface area (Å²) in [7, 11) is 0. The summed E-state index contributed by atoms with van der Waals surface area (Å²) < 4.78 is 11.3. The topological polar surface area (TPSA) is 59.6 Å². The van der Waals surface area contributed by atoms with E-state index in [0.29, 0.717) is 29.7 Å². The number of ether oxygens (including phenoxy) is 2. The lowest BCUT2D eigenvalue weighted by molar-refractivity contribution is -0.115. The van der Waals surface area contributed by atoms with Gasteiger partial charge in [0.15, 0.2) is 5.11 Å². The molecule has 0 fully saturated rings. The Morgan fingerprint density at radius 1 is 0.903 bits per heavy atom. The van der Waals surface area contributed by atoms with Gasteiger partial charge < -0.3 is 14.8 Å². The summed E-state index contributed by atoms with van der Waals surface area (Å²) in [5, 5.41) is 6.31. The minimum Gasteiger partial charge on any atom is -0.490 e. The third kappa shape index (κ3) is 7.77. The van der Waals surface area contributed by atoms with E-state index in [4.69, 9.17) is 33.3 Å². The van der Waals surface area contributed by atoms with Crippen LogP contribution in [0.15, 0.2) is 84.9 Å². The zero-order valence-corrected chi connectivity index (χ0v) is 18.2. The molecule has 5 nitrogen and oxygen atoms in total. The second kappa shape index (κ2) is 11.7. The van der Waals surface area contributed by atoms with Crippen LogP contribution < -0.4 is 20.1 Å². The van der Waals surface area contributed by atoms with Gasteiger partial charge in [0, 0.05) is 22.9 Å². The maximum Gasteiger partial charge on any atom is 0.250 e. The first-order valence-electron chi connectivity index (χ1n) is 9.55. The van der Waals surface area contributed by atoms with Gasteiger partial charge in [-0.25, -0.2) is 0 Å². The molecule has 0 bridgehead atoms. The fraction of sp³-hybridized carbons (Fsp3) is 0.0833. The Kier molecular flexibility index (Phi) is 8.46. The van der Waals surface area contributed by atoms with E-state index >= 15 is 0 Å². The molecular formula is C24H21ClN2O3S. The van der Waals surface area contributed by atoms with E-state index in [1.807, 2.05) is 66.7 Å². The molecule has 0 aliphatic carbocycles. The molecule has 2 N–H and O–H groups in total. The Morgan fingerprint density at radius 2 is 1.58 bits per heavy atom. The molecule has 0 atom stereocenters. The molecule has 3 rings (SSSR count). The predicted octanol–water partition coefficient (Wildman–Crippen LogP) is 5.32. The van der Waals surface area contributed by atoms with Crippen LogP contribution in [0.5, 0.6) is 11.5 Å². The average molecular weight is 453 g/mol. The normalized spacial score (nSPS) is 10.5. The molecule has 0 spiro atoms. The van der Waals surface area contributed by atoms with Gasteiger partial charge in [-0.1, -0.05) is 54.1 Å². The summed E-state index contributed by atoms with van der Waals surface area (Å²) in [5.74, 6) is 1.10. The van der Waals surface area contributed by atoms with Crippen LogP contribution in [0.25, 0.3) is 6.08 Å². The number of hydrogen-bond donors (Lipinski definition) is 2. The fourth-order valence-corrected chi connectivity index (χ4v) is 3.01. The van der Waals surface area contributed by atoms with Gasteiger partial charge in [-0.2, -0.15) is 0 Å². The van der Waals surface area contributed by atoms with Crippen molar-refractivity contribution in [2.24, 2.45) is 0 Å². The number of thiocarbonyl (C=S) groups is 1. The molecule has 0 radical (unpaired) electrons. The van der Waals surface area contributed by atoms with E-state index in [-0.39, 0.29) is 11.0 Å². The zero-order valence-electron chi connectivity index (χ0n) is 16.6. The van der Waals surface area contributed by atoms with Crippen LogP contribution in [0.4, 0.5) is 5.69 Å². The van der Waals surface area contributed by atoms with E-state index in [9.17, 15) is 4.79 Å². The molecular weight excluding hydrogens is 432 g/mol. The maximum absolute atomic E-state index is 12.1. The first-order chi connectivity index (χ1) is 15.1. The number of amides is 1. The first kappa shape index (κ1) is 22.3. The Balaban J connectivity index is 1.44. The van der Waals surface area contributed by atoms with Gasteiger partial charge in [0.25, 0.3) is 0 Å². The number of benzene rings is 3. The Morgan fingerprint density at radius 3 is 2.35 bits per heavy atom. The lowest BCUT2D eigenvalue weighted by atomic mass is 10.2. The molecule has 158 valence electrons. The fourth-order valence-electron chi connectivity index (χ4n) is 2.59. The van der Waals surface area contributed by atoms with E-state index < -0.39 is 0 Å². The number of anilines is 1. The molecule has 0 saturated carbocycles. The van der Waals surface area contributed by atoms with Gasteiger partial charge in [0.2, 0.25) is 5.91 Å². The summed E-state index contributed by atoms with van der Waals surface area (Å²) >= 11 is 11.3. The van der Waals surface area contributed by atoms with Crippen LogP contribution in [0.3, 0.4) is 0 Å². The molecule has 0 unspecified atom stereocenters. The maximum atomic E-state index is 12.1. The van der Waals surface area contributed by atoms with Gasteiger partial charge in [0.05, 0.1) is 0 Å². The summed E-state index contributed by atoms with van der Waals surface area (Å²) in [4.78, 5) is 12.1. The van der Waals surface area contributed by atoms with Crippen LogP contribution in [-0.4, -0.2) is 24.2 Å². The zero-order chi connectivity index (χ0) is 21.9. The van der Waals surface area contributed by atoms with Gasteiger partial charge in [-0.05, 0) is 54.2 Å². The van der Waals surface area contributed by atoms with Gasteiger partial charge in [-0.3, -0.25) is 10.1 Å². The second-order valence-corrected chi connectivity index (χ2v) is 7.15. The SMILES string of the molecule is O=C(/C=C/c1ccccc1Cl)NC(=S)Nc1cccc(OCCOc2ccccc2)c1. The number of hydrogen-bond acceptors (Lipinski definition) is 4. The van der Waals surface area contributed by atoms with E-state index in [2.05, 4.69) is 10.6 Å². The number of halogens is 1. The number of carbonyl (C=O) groups excluding carboxylic acids is 1. The monoisotopic (exact) mass is 452 g/mol. The van der Waals surface area contributed by atoms with Crippen molar-refractivity contribution in [3.63, 3.8) is 0 Å². The van der Waals surface area contributed by atoms with Gasteiger partial charge in [-0.15, -0.1) is 0 Å². The third-order valence-electron chi connectivity index (χ3n) is 4.01. The first-order valence-corrected chi connectivity index (χ1v) is 10.3. The lowest BCUT2D eigenvalue weighted by Crippen LogP contribution is -2.32. The van der Waals surface area contributed by atoms with Crippen LogP contribution in [-0.2, 0) is 4.79 Å². The smallest absolute Gasteiger partial charge is 0.250 e. The minimum atomic E-state index is -0.358. The molecule has 0 aliphatic heterocycles. The minimum absolute atomic E-state index is 0.179. The number of para-hydroxylation sites is 1. The second-order valence-electron chi connectivity index (χ2n) is 6.34. The Bertz CT molecular complexity index is 1060. The molecule has 31 heavy (non-hydrogen) atoms. The van der Waals surface area contributed by atoms with Crippen LogP contribution in [0.2, 0.25) is 5.02 Å². The molecule has 0 aromatic heterocycles. The molecule has 0 aliphatic rings. The molecule has 3 aromatic rings. The molecule has 3 aromatic carbocycles. The molecule has 1 amide bonds. The highest BCUT2D eigenvalue weighted by Crippen LogP contribution is 2.18. The number of nitrogens with one attached hydrogen (secondary N) is 2. The summed E-state index contributed by atoms with van der Waals surface area (Å²) in [6.45, 7) is 0.820. The lowest BCUT2D eigenvalue weighted by Gasteiger charge is -2.11. The Hall–Kier alpha value is -3.35. The number of carbonyl (C=O) groups is 1. The van der Waals surface area contributed by atoms with Crippen molar-refractivity contribution in [1.29, 1.82) is 0 Å². The largest absolute Gasteiger partial charge is 0.490 e. The highest BCUT2D eigenvalue weighted by atomic mass is 35.5. The van der Waals surface area contributed by atoms with Crippen molar-refractivity contribution in [3.8, 4) is 11.5 Å². The standard InChI is InChI=1S/C24H21ClN2O3S/c25-22-12-5-4-7-18(22)13-14-23(28)27-24(31)26-19-8-6-11-21(17-19)30-16-15-29-20-9-2-1-3-10-20/h1-14,17H,15-16H2,(H2,26,27,28,31)/b14-13+. The average Bonchev–Trinajstić information content (AvgIpc) is 2.77. The van der Waals surface area contributed by atoms with Crippen molar-refractivity contribution >= 4 is 46.6 Å². The number of rotatable bonds is 8. The van der Waals surface area contributed by atoms with E-state index in [1.165, 1.54) is 6.08 Å². The molecule has 0 heterocycles. The van der Waals surface area contributed by atoms with E-state index in [1.54, 1.807) is 18.2 Å². The van der Waals surface area contributed by atoms with E-state index in [0.717, 1.165) is 11.3 Å². The Labute approximate surface area is 191 Å². The van der Waals surface area contributed by atoms with Crippen molar-refractivity contribution < 1.29 is 14.3 Å². The van der Waals surface area contributed by atoms with Crippen LogP contribution >= 0.6 is 23.8 Å². The van der Waals surface area contributed by atoms with Crippen molar-refractivity contribution in [2.75, 3.05) is 18.5 Å². The highest BCUT2D eigenvalue weighted by molar-refractivity contribution is 7.80. The summed E-state index contributed by atoms with van der Waals surface area (Å²) in [6.07, 6.45) is 3.01.